The quantitative estimate of drug-likeness (QED) is 0.663. The number of nitrogens with one attached hydrogen (secondary N) is 1. The molecule has 0 fully saturated rings. The van der Waals surface area contributed by atoms with Crippen LogP contribution in [0.15, 0.2) is 66.2 Å². The maximum absolute atomic E-state index is 13.5. The lowest BCUT2D eigenvalue weighted by Crippen LogP contribution is -2.10. The van der Waals surface area contributed by atoms with Crippen molar-refractivity contribution in [1.29, 1.82) is 0 Å². The summed E-state index contributed by atoms with van der Waals surface area (Å²) in [6.07, 6.45) is 1.66. The van der Waals surface area contributed by atoms with Crippen LogP contribution < -0.4 is 5.32 Å². The van der Waals surface area contributed by atoms with E-state index in [0.29, 0.717) is 11.3 Å². The van der Waals surface area contributed by atoms with Crippen LogP contribution in [0.5, 0.6) is 0 Å². The van der Waals surface area contributed by atoms with Gasteiger partial charge in [0.25, 0.3) is 0 Å². The van der Waals surface area contributed by atoms with Crippen molar-refractivity contribution in [3.05, 3.63) is 83.2 Å². The fourth-order valence-corrected chi connectivity index (χ4v) is 3.05. The minimum absolute atomic E-state index is 0.0397. The molecular formula is C21H14FNO2. The molecule has 0 atom stereocenters. The predicted octanol–water partition coefficient (Wildman–Crippen LogP) is 4.59. The van der Waals surface area contributed by atoms with Crippen LogP contribution in [0.4, 0.5) is 10.1 Å². The van der Waals surface area contributed by atoms with Crippen molar-refractivity contribution in [2.24, 2.45) is 0 Å². The first-order valence-electron chi connectivity index (χ1n) is 7.94. The summed E-state index contributed by atoms with van der Waals surface area (Å²) in [4.78, 5) is 24.9. The van der Waals surface area contributed by atoms with E-state index in [0.717, 1.165) is 22.4 Å². The molecule has 1 amide bonds. The molecule has 0 saturated heterocycles. The van der Waals surface area contributed by atoms with E-state index >= 15 is 0 Å². The van der Waals surface area contributed by atoms with Gasteiger partial charge in [-0.25, -0.2) is 4.39 Å². The van der Waals surface area contributed by atoms with E-state index in [9.17, 15) is 14.0 Å². The summed E-state index contributed by atoms with van der Waals surface area (Å²) in [6, 6.07) is 17.5. The normalized spacial score (nSPS) is 15.8. The Hall–Kier alpha value is -3.27. The molecule has 3 aromatic rings. The number of hydrogen-bond acceptors (Lipinski definition) is 2. The number of ketones is 1. The van der Waals surface area contributed by atoms with E-state index in [1.165, 1.54) is 12.1 Å². The van der Waals surface area contributed by atoms with Crippen LogP contribution in [-0.2, 0) is 4.79 Å². The van der Waals surface area contributed by atoms with Gasteiger partial charge >= 0.3 is 0 Å². The van der Waals surface area contributed by atoms with Crippen molar-refractivity contribution in [2.75, 3.05) is 5.32 Å². The van der Waals surface area contributed by atoms with Crippen LogP contribution >= 0.6 is 0 Å². The zero-order valence-electron chi connectivity index (χ0n) is 13.3. The molecule has 0 aliphatic carbocycles. The van der Waals surface area contributed by atoms with Crippen molar-refractivity contribution in [3.8, 4) is 0 Å². The second-order valence-corrected chi connectivity index (χ2v) is 6.02. The Morgan fingerprint density at radius 3 is 2.56 bits per heavy atom. The van der Waals surface area contributed by atoms with Gasteiger partial charge < -0.3 is 5.32 Å². The maximum atomic E-state index is 13.5. The minimum Gasteiger partial charge on any atom is -0.325 e. The van der Waals surface area contributed by atoms with E-state index in [2.05, 4.69) is 5.32 Å². The molecular weight excluding hydrogens is 317 g/mol. The van der Waals surface area contributed by atoms with E-state index in [-0.39, 0.29) is 23.7 Å². The van der Waals surface area contributed by atoms with Crippen molar-refractivity contribution < 1.29 is 14.0 Å². The molecule has 0 unspecified atom stereocenters. The number of carbonyl (C=O) groups excluding carboxylic acids is 2. The summed E-state index contributed by atoms with van der Waals surface area (Å²) in [5.41, 5.74) is 1.70. The molecule has 4 rings (SSSR count). The largest absolute Gasteiger partial charge is 0.325 e. The average molecular weight is 331 g/mol. The third kappa shape index (κ3) is 2.94. The lowest BCUT2D eigenvalue weighted by atomic mass is 9.98. The van der Waals surface area contributed by atoms with E-state index in [1.807, 2.05) is 42.5 Å². The summed E-state index contributed by atoms with van der Waals surface area (Å²) in [6.45, 7) is 0. The third-order valence-electron chi connectivity index (χ3n) is 4.26. The molecule has 0 saturated carbocycles. The molecule has 0 radical (unpaired) electrons. The first kappa shape index (κ1) is 15.3. The van der Waals surface area contributed by atoms with Gasteiger partial charge in [0.05, 0.1) is 12.1 Å². The number of rotatable bonds is 1. The highest BCUT2D eigenvalue weighted by Crippen LogP contribution is 2.27. The third-order valence-corrected chi connectivity index (χ3v) is 4.26. The van der Waals surface area contributed by atoms with Gasteiger partial charge in [0.1, 0.15) is 5.82 Å². The molecule has 4 heteroatoms. The smallest absolute Gasteiger partial charge is 0.228 e. The molecule has 0 aromatic heterocycles. The van der Waals surface area contributed by atoms with Gasteiger partial charge in [-0.05, 0) is 46.7 Å². The zero-order chi connectivity index (χ0) is 17.4. The molecule has 3 nitrogen and oxygen atoms in total. The monoisotopic (exact) mass is 331 g/mol. The van der Waals surface area contributed by atoms with Gasteiger partial charge in [-0.1, -0.05) is 36.4 Å². The number of anilines is 1. The van der Waals surface area contributed by atoms with Crippen LogP contribution in [-0.4, -0.2) is 11.7 Å². The zero-order valence-corrected chi connectivity index (χ0v) is 13.3. The summed E-state index contributed by atoms with van der Waals surface area (Å²) in [5, 5.41) is 4.81. The van der Waals surface area contributed by atoms with Crippen molar-refractivity contribution in [1.82, 2.24) is 0 Å². The number of halogens is 1. The van der Waals surface area contributed by atoms with Gasteiger partial charge in [0.2, 0.25) is 5.91 Å². The van der Waals surface area contributed by atoms with E-state index in [1.54, 1.807) is 6.08 Å². The number of Topliss-reactive ketones (excluding diaryl/α,β-unsaturated/α-hetero) is 1. The molecule has 1 aliphatic rings. The minimum atomic E-state index is -0.506. The highest BCUT2D eigenvalue weighted by Gasteiger charge is 2.24. The lowest BCUT2D eigenvalue weighted by molar-refractivity contribution is -0.115. The molecule has 122 valence electrons. The summed E-state index contributed by atoms with van der Waals surface area (Å²) >= 11 is 0. The molecule has 1 aliphatic heterocycles. The van der Waals surface area contributed by atoms with Crippen molar-refractivity contribution >= 4 is 34.2 Å². The van der Waals surface area contributed by atoms with Gasteiger partial charge in [-0.3, -0.25) is 9.59 Å². The Morgan fingerprint density at radius 2 is 1.72 bits per heavy atom. The van der Waals surface area contributed by atoms with Crippen LogP contribution in [0.1, 0.15) is 22.3 Å². The van der Waals surface area contributed by atoms with Gasteiger partial charge in [0, 0.05) is 11.1 Å². The Morgan fingerprint density at radius 1 is 0.920 bits per heavy atom. The second kappa shape index (κ2) is 5.98. The van der Waals surface area contributed by atoms with E-state index < -0.39 is 5.82 Å². The molecule has 1 N–H and O–H groups in total. The first-order chi connectivity index (χ1) is 12.1. The highest BCUT2D eigenvalue weighted by molar-refractivity contribution is 6.20. The van der Waals surface area contributed by atoms with Crippen molar-refractivity contribution in [2.45, 2.75) is 6.42 Å². The first-order valence-corrected chi connectivity index (χ1v) is 7.94. The number of benzene rings is 3. The second-order valence-electron chi connectivity index (χ2n) is 6.02. The van der Waals surface area contributed by atoms with Crippen LogP contribution in [0.3, 0.4) is 0 Å². The Balaban J connectivity index is 1.80. The fourth-order valence-electron chi connectivity index (χ4n) is 3.05. The predicted molar refractivity (Wildman–Crippen MR) is 95.9 cm³/mol. The van der Waals surface area contributed by atoms with Gasteiger partial charge in [-0.2, -0.15) is 0 Å². The Bertz CT molecular complexity index is 1050. The number of amides is 1. The number of hydrogen-bond donors (Lipinski definition) is 1. The maximum Gasteiger partial charge on any atom is 0.228 e. The molecule has 3 aromatic carbocycles. The van der Waals surface area contributed by atoms with Crippen LogP contribution in [0, 0.1) is 5.82 Å². The summed E-state index contributed by atoms with van der Waals surface area (Å²) in [5.74, 6) is -1.12. The summed E-state index contributed by atoms with van der Waals surface area (Å²) < 4.78 is 13.5. The lowest BCUT2D eigenvalue weighted by Gasteiger charge is -2.05. The number of fused-ring (bicyclic) bond motifs is 2. The number of carbonyl (C=O) groups is 2. The van der Waals surface area contributed by atoms with Gasteiger partial charge in [-0.15, -0.1) is 0 Å². The average Bonchev–Trinajstić information content (AvgIpc) is 2.72. The molecule has 25 heavy (non-hydrogen) atoms. The van der Waals surface area contributed by atoms with Crippen molar-refractivity contribution in [3.63, 3.8) is 0 Å². The molecule has 1 heterocycles. The fraction of sp³-hybridized carbons (Fsp3) is 0.0476. The Labute approximate surface area is 143 Å². The highest BCUT2D eigenvalue weighted by atomic mass is 19.1. The SMILES string of the molecule is O=C1C/C(=C/c2ccc3ccccc3c2)C(=O)c2cc(F)ccc2N1. The van der Waals surface area contributed by atoms with Crippen LogP contribution in [0.25, 0.3) is 16.8 Å². The standard InChI is InChI=1S/C21H14FNO2/c22-17-7-8-19-18(12-17)21(25)16(11-20(24)23-19)10-13-5-6-14-3-1-2-4-15(14)9-13/h1-10,12H,11H2,(H,23,24)/b16-10-. The molecule has 0 bridgehead atoms. The van der Waals surface area contributed by atoms with Crippen LogP contribution in [0.2, 0.25) is 0 Å². The Kier molecular flexibility index (Phi) is 3.65. The topological polar surface area (TPSA) is 46.2 Å². The van der Waals surface area contributed by atoms with Gasteiger partial charge in [0.15, 0.2) is 5.78 Å². The summed E-state index contributed by atoms with van der Waals surface area (Å²) in [7, 11) is 0. The van der Waals surface area contributed by atoms with E-state index in [4.69, 9.17) is 0 Å². The molecule has 0 spiro atoms.